The summed E-state index contributed by atoms with van der Waals surface area (Å²) in [6, 6.07) is 4.99. The van der Waals surface area contributed by atoms with Gasteiger partial charge in [0.1, 0.15) is 15.5 Å². The molecule has 1 aromatic carbocycles. The minimum Gasteiger partial charge on any atom is -0.397 e. The van der Waals surface area contributed by atoms with Crippen LogP contribution in [0.2, 0.25) is 10.0 Å². The Labute approximate surface area is 162 Å². The SMILES string of the molecule is CNC(=O)c1sc2nc(CC(N)=O)nc(-c3ccc(Cl)c(Cl)c3)c2c1N. The molecule has 0 spiro atoms. The van der Waals surface area contributed by atoms with E-state index in [4.69, 9.17) is 34.7 Å². The number of hydrogen-bond donors (Lipinski definition) is 3. The molecule has 0 saturated heterocycles. The summed E-state index contributed by atoms with van der Waals surface area (Å²) in [7, 11) is 1.51. The molecule has 0 atom stereocenters. The van der Waals surface area contributed by atoms with E-state index in [1.807, 2.05) is 0 Å². The third-order valence-electron chi connectivity index (χ3n) is 3.59. The molecule has 0 aliphatic carbocycles. The van der Waals surface area contributed by atoms with Crippen LogP contribution in [0.3, 0.4) is 0 Å². The fourth-order valence-corrected chi connectivity index (χ4v) is 3.79. The molecule has 134 valence electrons. The number of hydrogen-bond acceptors (Lipinski definition) is 6. The number of amides is 2. The van der Waals surface area contributed by atoms with Crippen molar-refractivity contribution in [2.45, 2.75) is 6.42 Å². The number of nitrogens with zero attached hydrogens (tertiary/aromatic N) is 2. The van der Waals surface area contributed by atoms with E-state index in [0.717, 1.165) is 11.3 Å². The van der Waals surface area contributed by atoms with Crippen molar-refractivity contribution in [3.63, 3.8) is 0 Å². The Morgan fingerprint density at radius 2 is 1.96 bits per heavy atom. The molecule has 5 N–H and O–H groups in total. The first-order chi connectivity index (χ1) is 12.3. The van der Waals surface area contributed by atoms with Crippen molar-refractivity contribution < 1.29 is 9.59 Å². The van der Waals surface area contributed by atoms with Gasteiger partial charge in [-0.25, -0.2) is 9.97 Å². The number of halogens is 2. The number of rotatable bonds is 4. The Bertz CT molecular complexity index is 1050. The lowest BCUT2D eigenvalue weighted by molar-refractivity contribution is -0.117. The van der Waals surface area contributed by atoms with Gasteiger partial charge in [0.05, 0.1) is 33.2 Å². The van der Waals surface area contributed by atoms with Crippen molar-refractivity contribution in [2.75, 3.05) is 12.8 Å². The second-order valence-electron chi connectivity index (χ2n) is 5.36. The first-order valence-corrected chi connectivity index (χ1v) is 8.93. The van der Waals surface area contributed by atoms with E-state index in [0.29, 0.717) is 36.4 Å². The van der Waals surface area contributed by atoms with Crippen LogP contribution in [0.5, 0.6) is 0 Å². The van der Waals surface area contributed by atoms with Crippen molar-refractivity contribution in [3.05, 3.63) is 38.9 Å². The molecule has 0 unspecified atom stereocenters. The largest absolute Gasteiger partial charge is 0.397 e. The van der Waals surface area contributed by atoms with Gasteiger partial charge in [-0.3, -0.25) is 9.59 Å². The summed E-state index contributed by atoms with van der Waals surface area (Å²) in [6.07, 6.45) is -0.141. The lowest BCUT2D eigenvalue weighted by Crippen LogP contribution is -2.17. The van der Waals surface area contributed by atoms with Crippen LogP contribution >= 0.6 is 34.5 Å². The zero-order valence-corrected chi connectivity index (χ0v) is 15.8. The molecule has 0 aliphatic rings. The number of aromatic nitrogens is 2. The maximum Gasteiger partial charge on any atom is 0.263 e. The highest BCUT2D eigenvalue weighted by Gasteiger charge is 2.22. The minimum atomic E-state index is -0.569. The molecule has 0 fully saturated rings. The Kier molecular flexibility index (Phi) is 4.99. The predicted octanol–water partition coefficient (Wildman–Crippen LogP) is 2.63. The van der Waals surface area contributed by atoms with E-state index in [-0.39, 0.29) is 23.8 Å². The number of fused-ring (bicyclic) bond motifs is 1. The molecule has 2 amide bonds. The number of benzene rings is 1. The summed E-state index contributed by atoms with van der Waals surface area (Å²) in [6.45, 7) is 0. The number of anilines is 1. The number of thiophene rings is 1. The average Bonchev–Trinajstić information content (AvgIpc) is 2.92. The molecule has 0 saturated carbocycles. The smallest absolute Gasteiger partial charge is 0.263 e. The van der Waals surface area contributed by atoms with Crippen LogP contribution in [0, 0.1) is 0 Å². The van der Waals surface area contributed by atoms with Crippen LogP contribution in [-0.2, 0) is 11.2 Å². The Balaban J connectivity index is 2.33. The van der Waals surface area contributed by atoms with Gasteiger partial charge in [-0.2, -0.15) is 0 Å². The van der Waals surface area contributed by atoms with E-state index < -0.39 is 5.91 Å². The van der Waals surface area contributed by atoms with Crippen LogP contribution in [0.1, 0.15) is 15.5 Å². The maximum atomic E-state index is 12.1. The standard InChI is InChI=1S/C16H13Cl2N5O2S/c1-21-15(25)14-12(20)11-13(6-2-3-7(17)8(18)4-6)22-10(5-9(19)24)23-16(11)26-14/h2-4H,5,20H2,1H3,(H2,19,24)(H,21,25). The fraction of sp³-hybridized carbons (Fsp3) is 0.125. The van der Waals surface area contributed by atoms with Crippen molar-refractivity contribution in [2.24, 2.45) is 5.73 Å². The summed E-state index contributed by atoms with van der Waals surface area (Å²) in [4.78, 5) is 32.9. The van der Waals surface area contributed by atoms with E-state index in [1.54, 1.807) is 18.2 Å². The lowest BCUT2D eigenvalue weighted by Gasteiger charge is -2.08. The molecule has 7 nitrogen and oxygen atoms in total. The third-order valence-corrected chi connectivity index (χ3v) is 5.43. The summed E-state index contributed by atoms with van der Waals surface area (Å²) in [5.41, 5.74) is 12.8. The van der Waals surface area contributed by atoms with Crippen LogP contribution in [-0.4, -0.2) is 28.8 Å². The number of carbonyl (C=O) groups excluding carboxylic acids is 2. The van der Waals surface area contributed by atoms with Gasteiger partial charge in [0.15, 0.2) is 0 Å². The van der Waals surface area contributed by atoms with Crippen molar-refractivity contribution in [1.29, 1.82) is 0 Å². The highest BCUT2D eigenvalue weighted by molar-refractivity contribution is 7.21. The van der Waals surface area contributed by atoms with Crippen LogP contribution in [0.15, 0.2) is 18.2 Å². The molecule has 3 aromatic rings. The van der Waals surface area contributed by atoms with Gasteiger partial charge in [0.2, 0.25) is 5.91 Å². The number of nitrogens with one attached hydrogen (secondary N) is 1. The summed E-state index contributed by atoms with van der Waals surface area (Å²) >= 11 is 13.2. The van der Waals surface area contributed by atoms with Crippen molar-refractivity contribution in [1.82, 2.24) is 15.3 Å². The van der Waals surface area contributed by atoms with Gasteiger partial charge in [-0.05, 0) is 12.1 Å². The van der Waals surface area contributed by atoms with E-state index in [9.17, 15) is 9.59 Å². The molecule has 26 heavy (non-hydrogen) atoms. The molecular weight excluding hydrogens is 397 g/mol. The molecule has 0 radical (unpaired) electrons. The molecule has 10 heteroatoms. The quantitative estimate of drug-likeness (QED) is 0.610. The summed E-state index contributed by atoms with van der Waals surface area (Å²) in [5.74, 6) is -0.668. The van der Waals surface area contributed by atoms with Crippen LogP contribution in [0.25, 0.3) is 21.5 Å². The zero-order chi connectivity index (χ0) is 19.0. The topological polar surface area (TPSA) is 124 Å². The van der Waals surface area contributed by atoms with Gasteiger partial charge >= 0.3 is 0 Å². The van der Waals surface area contributed by atoms with Crippen molar-refractivity contribution >= 4 is 62.3 Å². The molecule has 2 heterocycles. The number of nitrogen functional groups attached to an aromatic ring is 1. The molecular formula is C16H13Cl2N5O2S. The normalized spacial score (nSPS) is 10.9. The van der Waals surface area contributed by atoms with E-state index in [1.165, 1.54) is 7.05 Å². The molecule has 2 aromatic heterocycles. The van der Waals surface area contributed by atoms with Gasteiger partial charge in [-0.1, -0.05) is 29.3 Å². The number of nitrogens with two attached hydrogens (primary N) is 2. The van der Waals surface area contributed by atoms with Crippen molar-refractivity contribution in [3.8, 4) is 11.3 Å². The second kappa shape index (κ2) is 7.06. The van der Waals surface area contributed by atoms with Crippen LogP contribution in [0.4, 0.5) is 5.69 Å². The second-order valence-corrected chi connectivity index (χ2v) is 7.18. The summed E-state index contributed by atoms with van der Waals surface area (Å²) in [5, 5.41) is 3.78. The highest BCUT2D eigenvalue weighted by Crippen LogP contribution is 2.39. The molecule has 0 bridgehead atoms. The van der Waals surface area contributed by atoms with Gasteiger partial charge in [0, 0.05) is 12.6 Å². The van der Waals surface area contributed by atoms with Crippen LogP contribution < -0.4 is 16.8 Å². The number of carbonyl (C=O) groups is 2. The van der Waals surface area contributed by atoms with Gasteiger partial charge < -0.3 is 16.8 Å². The molecule has 3 rings (SSSR count). The third kappa shape index (κ3) is 3.31. The Morgan fingerprint density at radius 3 is 2.58 bits per heavy atom. The fourth-order valence-electron chi connectivity index (χ4n) is 2.44. The zero-order valence-electron chi connectivity index (χ0n) is 13.5. The van der Waals surface area contributed by atoms with Gasteiger partial charge in [-0.15, -0.1) is 11.3 Å². The molecule has 0 aliphatic heterocycles. The predicted molar refractivity (Wildman–Crippen MR) is 104 cm³/mol. The Morgan fingerprint density at radius 1 is 1.23 bits per heavy atom. The number of primary amides is 1. The van der Waals surface area contributed by atoms with Gasteiger partial charge in [0.25, 0.3) is 5.91 Å². The highest BCUT2D eigenvalue weighted by atomic mass is 35.5. The maximum absolute atomic E-state index is 12.1. The average molecular weight is 410 g/mol. The van der Waals surface area contributed by atoms with E-state index in [2.05, 4.69) is 15.3 Å². The first-order valence-electron chi connectivity index (χ1n) is 7.36. The Hall–Kier alpha value is -2.42. The lowest BCUT2D eigenvalue weighted by atomic mass is 10.1. The van der Waals surface area contributed by atoms with E-state index >= 15 is 0 Å². The summed E-state index contributed by atoms with van der Waals surface area (Å²) < 4.78 is 0. The minimum absolute atomic E-state index is 0.141. The monoisotopic (exact) mass is 409 g/mol. The first kappa shape index (κ1) is 18.4.